The van der Waals surface area contributed by atoms with Crippen LogP contribution < -0.4 is 15.5 Å². The Morgan fingerprint density at radius 2 is 1.58 bits per heavy atom. The van der Waals surface area contributed by atoms with E-state index in [4.69, 9.17) is 0 Å². The second kappa shape index (κ2) is 11.2. The molecule has 0 fully saturated rings. The number of alkyl halides is 3. The Labute approximate surface area is 199 Å². The number of carbonyl (C=O) groups excluding carboxylic acids is 1. The van der Waals surface area contributed by atoms with Gasteiger partial charge in [0.05, 0.1) is 22.6 Å². The van der Waals surface area contributed by atoms with Crippen molar-refractivity contribution in [2.45, 2.75) is 25.9 Å². The van der Waals surface area contributed by atoms with Gasteiger partial charge in [-0.25, -0.2) is 4.79 Å². The summed E-state index contributed by atoms with van der Waals surface area (Å²) < 4.78 is 40.6. The zero-order valence-corrected chi connectivity index (χ0v) is 19.7. The third kappa shape index (κ3) is 6.99. The topological polar surface area (TPSA) is 44.4 Å². The van der Waals surface area contributed by atoms with Gasteiger partial charge in [0, 0.05) is 17.6 Å². The summed E-state index contributed by atoms with van der Waals surface area (Å²) in [6.45, 7) is 3.57. The van der Waals surface area contributed by atoms with Gasteiger partial charge in [0.25, 0.3) is 0 Å². The van der Waals surface area contributed by atoms with Crippen LogP contribution in [0.3, 0.4) is 0 Å². The van der Waals surface area contributed by atoms with Crippen LogP contribution >= 0.6 is 15.9 Å². The monoisotopic (exact) mass is 519 g/mol. The molecular weight excluding hydrogens is 495 g/mol. The number of hydrogen-bond acceptors (Lipinski definition) is 2. The standard InChI is InChI=1S/C25H25BrF3N3O/c1-2-15-32(16-14-18-8-4-3-5-9-18)23-13-12-19(26)17-22(23)31-24(33)30-21-11-7-6-10-20(21)25(27,28)29/h3-13,17H,2,14-16H2,1H3,(H2,30,31,33). The van der Waals surface area contributed by atoms with Crippen LogP contribution in [0.2, 0.25) is 0 Å². The third-order valence-corrected chi connectivity index (χ3v) is 5.53. The van der Waals surface area contributed by atoms with E-state index in [0.717, 1.165) is 42.2 Å². The number of nitrogens with one attached hydrogen (secondary N) is 2. The predicted molar refractivity (Wildman–Crippen MR) is 131 cm³/mol. The normalized spacial score (nSPS) is 11.2. The molecule has 0 heterocycles. The van der Waals surface area contributed by atoms with E-state index in [1.165, 1.54) is 23.8 Å². The number of amides is 2. The largest absolute Gasteiger partial charge is 0.418 e. The van der Waals surface area contributed by atoms with Gasteiger partial charge in [-0.1, -0.05) is 65.3 Å². The van der Waals surface area contributed by atoms with Crippen LogP contribution in [0.4, 0.5) is 35.0 Å². The van der Waals surface area contributed by atoms with Crippen molar-refractivity contribution >= 4 is 39.0 Å². The highest BCUT2D eigenvalue weighted by molar-refractivity contribution is 9.10. The first-order valence-electron chi connectivity index (χ1n) is 10.6. The van der Waals surface area contributed by atoms with Crippen molar-refractivity contribution in [3.05, 3.63) is 88.4 Å². The molecule has 174 valence electrons. The molecule has 0 atom stereocenters. The first-order valence-corrected chi connectivity index (χ1v) is 11.4. The van der Waals surface area contributed by atoms with Crippen LogP contribution in [0.15, 0.2) is 77.3 Å². The van der Waals surface area contributed by atoms with Crippen LogP contribution in [-0.2, 0) is 12.6 Å². The molecule has 0 saturated heterocycles. The smallest absolute Gasteiger partial charge is 0.370 e. The average molecular weight is 520 g/mol. The van der Waals surface area contributed by atoms with Crippen molar-refractivity contribution < 1.29 is 18.0 Å². The van der Waals surface area contributed by atoms with E-state index in [2.05, 4.69) is 50.5 Å². The zero-order valence-electron chi connectivity index (χ0n) is 18.1. The minimum Gasteiger partial charge on any atom is -0.370 e. The van der Waals surface area contributed by atoms with Gasteiger partial charge in [0.15, 0.2) is 0 Å². The lowest BCUT2D eigenvalue weighted by molar-refractivity contribution is -0.136. The molecule has 3 aromatic rings. The fourth-order valence-corrected chi connectivity index (χ4v) is 3.89. The number of para-hydroxylation sites is 1. The lowest BCUT2D eigenvalue weighted by Crippen LogP contribution is -2.29. The first kappa shape index (κ1) is 24.6. The van der Waals surface area contributed by atoms with Crippen molar-refractivity contribution in [3.63, 3.8) is 0 Å². The molecule has 0 saturated carbocycles. The fourth-order valence-electron chi connectivity index (χ4n) is 3.53. The van der Waals surface area contributed by atoms with Crippen molar-refractivity contribution in [1.29, 1.82) is 0 Å². The van der Waals surface area contributed by atoms with Crippen molar-refractivity contribution in [2.75, 3.05) is 28.6 Å². The van der Waals surface area contributed by atoms with E-state index in [-0.39, 0.29) is 5.69 Å². The van der Waals surface area contributed by atoms with Crippen LogP contribution in [0.1, 0.15) is 24.5 Å². The minimum atomic E-state index is -4.57. The Kier molecular flexibility index (Phi) is 8.38. The summed E-state index contributed by atoms with van der Waals surface area (Å²) in [5.74, 6) is 0. The highest BCUT2D eigenvalue weighted by atomic mass is 79.9. The van der Waals surface area contributed by atoms with Crippen LogP contribution in [-0.4, -0.2) is 19.1 Å². The van der Waals surface area contributed by atoms with Crippen molar-refractivity contribution in [3.8, 4) is 0 Å². The molecule has 0 bridgehead atoms. The van der Waals surface area contributed by atoms with Crippen LogP contribution in [0.5, 0.6) is 0 Å². The number of hydrogen-bond donors (Lipinski definition) is 2. The summed E-state index contributed by atoms with van der Waals surface area (Å²) in [5, 5.41) is 5.06. The molecule has 0 aliphatic heterocycles. The molecule has 8 heteroatoms. The maximum atomic E-state index is 13.3. The van der Waals surface area contributed by atoms with Gasteiger partial charge in [0.1, 0.15) is 0 Å². The second-order valence-corrected chi connectivity index (χ2v) is 8.42. The highest BCUT2D eigenvalue weighted by Gasteiger charge is 2.33. The average Bonchev–Trinajstić information content (AvgIpc) is 2.77. The molecule has 0 spiro atoms. The summed E-state index contributed by atoms with van der Waals surface area (Å²) in [6.07, 6.45) is -2.85. The van der Waals surface area contributed by atoms with E-state index < -0.39 is 17.8 Å². The van der Waals surface area contributed by atoms with Crippen molar-refractivity contribution in [2.24, 2.45) is 0 Å². The third-order valence-electron chi connectivity index (χ3n) is 5.03. The molecule has 2 N–H and O–H groups in total. The molecule has 3 rings (SSSR count). The summed E-state index contributed by atoms with van der Waals surface area (Å²) in [7, 11) is 0. The number of halogens is 4. The Bertz CT molecular complexity index is 1070. The lowest BCUT2D eigenvalue weighted by Gasteiger charge is -2.27. The number of benzene rings is 3. The molecule has 33 heavy (non-hydrogen) atoms. The zero-order chi connectivity index (χ0) is 23.8. The fraction of sp³-hybridized carbons (Fsp3) is 0.240. The molecule has 4 nitrogen and oxygen atoms in total. The van der Waals surface area contributed by atoms with Crippen LogP contribution in [0, 0.1) is 0 Å². The quantitative estimate of drug-likeness (QED) is 0.322. The Morgan fingerprint density at radius 3 is 2.27 bits per heavy atom. The number of urea groups is 1. The molecular formula is C25H25BrF3N3O. The van der Waals surface area contributed by atoms with Gasteiger partial charge in [-0.05, 0) is 48.7 Å². The number of anilines is 3. The molecule has 0 aromatic heterocycles. The summed E-state index contributed by atoms with van der Waals surface area (Å²) in [6, 6.07) is 19.8. The van der Waals surface area contributed by atoms with E-state index in [1.807, 2.05) is 30.3 Å². The predicted octanol–water partition coefficient (Wildman–Crippen LogP) is 7.57. The van der Waals surface area contributed by atoms with Gasteiger partial charge >= 0.3 is 12.2 Å². The molecule has 3 aromatic carbocycles. The molecule has 2 amide bonds. The lowest BCUT2D eigenvalue weighted by atomic mass is 10.1. The molecule has 0 aliphatic rings. The SMILES string of the molecule is CCCN(CCc1ccccc1)c1ccc(Br)cc1NC(=O)Nc1ccccc1C(F)(F)F. The van der Waals surface area contributed by atoms with E-state index in [1.54, 1.807) is 6.07 Å². The summed E-state index contributed by atoms with van der Waals surface area (Å²) in [5.41, 5.74) is 1.31. The maximum Gasteiger partial charge on any atom is 0.418 e. The van der Waals surface area contributed by atoms with Gasteiger partial charge in [-0.3, -0.25) is 0 Å². The van der Waals surface area contributed by atoms with Gasteiger partial charge < -0.3 is 15.5 Å². The molecule has 0 aliphatic carbocycles. The van der Waals surface area contributed by atoms with E-state index in [9.17, 15) is 18.0 Å². The van der Waals surface area contributed by atoms with Gasteiger partial charge in [0.2, 0.25) is 0 Å². The van der Waals surface area contributed by atoms with Gasteiger partial charge in [-0.2, -0.15) is 13.2 Å². The number of carbonyl (C=O) groups is 1. The van der Waals surface area contributed by atoms with E-state index in [0.29, 0.717) is 5.69 Å². The highest BCUT2D eigenvalue weighted by Crippen LogP contribution is 2.35. The molecule has 0 unspecified atom stereocenters. The Hall–Kier alpha value is -3.00. The summed E-state index contributed by atoms with van der Waals surface area (Å²) >= 11 is 3.42. The second-order valence-electron chi connectivity index (χ2n) is 7.51. The van der Waals surface area contributed by atoms with Crippen LogP contribution in [0.25, 0.3) is 0 Å². The molecule has 0 radical (unpaired) electrons. The Morgan fingerprint density at radius 1 is 0.909 bits per heavy atom. The van der Waals surface area contributed by atoms with Gasteiger partial charge in [-0.15, -0.1) is 0 Å². The number of rotatable bonds is 8. The Balaban J connectivity index is 1.80. The first-order chi connectivity index (χ1) is 15.8. The van der Waals surface area contributed by atoms with E-state index >= 15 is 0 Å². The summed E-state index contributed by atoms with van der Waals surface area (Å²) in [4.78, 5) is 14.8. The maximum absolute atomic E-state index is 13.3. The minimum absolute atomic E-state index is 0.298. The van der Waals surface area contributed by atoms with Crippen molar-refractivity contribution in [1.82, 2.24) is 0 Å². The number of nitrogens with zero attached hydrogens (tertiary/aromatic N) is 1.